The molecule has 2 N–H and O–H groups in total. The number of piperidine rings is 1. The number of methoxy groups -OCH3 is 1. The molecule has 210 valence electrons. The standard InChI is InChI=1S/C31H42N4O4/c1-4-22(36)11-6-5-7-13-26(33-28(37)24-19-31(24)14-16-35(2)17-15-31)30-32-20-27(39-30)23-18-21-10-8-9-12-25(21)34-29(23)38-3/h8-10,12,18,20,24,26,28,33,37H,4-7,11,13-17,19H2,1-3H3/t24-,26+,28?/m1/s1. The van der Waals surface area contributed by atoms with E-state index < -0.39 is 6.23 Å². The number of hydrogen-bond acceptors (Lipinski definition) is 8. The second-order valence-electron chi connectivity index (χ2n) is 11.4. The molecule has 1 spiro atoms. The van der Waals surface area contributed by atoms with Gasteiger partial charge in [-0.3, -0.25) is 10.1 Å². The molecule has 0 amide bonds. The highest BCUT2D eigenvalue weighted by molar-refractivity contribution is 5.85. The van der Waals surface area contributed by atoms with Gasteiger partial charge in [0.2, 0.25) is 11.8 Å². The highest BCUT2D eigenvalue weighted by atomic mass is 16.5. The zero-order valence-electron chi connectivity index (χ0n) is 23.5. The molecule has 8 nitrogen and oxygen atoms in total. The number of rotatable bonds is 13. The number of carbonyl (C=O) groups is 1. The number of fused-ring (bicyclic) bond motifs is 1. The van der Waals surface area contributed by atoms with E-state index in [4.69, 9.17) is 9.15 Å². The van der Waals surface area contributed by atoms with Crippen LogP contribution in [0.3, 0.4) is 0 Å². The van der Waals surface area contributed by atoms with Gasteiger partial charge in [0, 0.05) is 24.1 Å². The number of para-hydroxylation sites is 1. The molecule has 5 rings (SSSR count). The number of unbranched alkanes of at least 4 members (excludes halogenated alkanes) is 2. The first kappa shape index (κ1) is 27.7. The molecule has 0 radical (unpaired) electrons. The van der Waals surface area contributed by atoms with Crippen molar-refractivity contribution in [1.82, 2.24) is 20.2 Å². The van der Waals surface area contributed by atoms with Crippen molar-refractivity contribution in [2.75, 3.05) is 27.2 Å². The van der Waals surface area contributed by atoms with Crippen LogP contribution in [0.4, 0.5) is 0 Å². The molecule has 2 aromatic heterocycles. The molecule has 39 heavy (non-hydrogen) atoms. The van der Waals surface area contributed by atoms with E-state index in [0.29, 0.717) is 36.2 Å². The molecule has 3 aromatic rings. The van der Waals surface area contributed by atoms with E-state index in [1.807, 2.05) is 37.3 Å². The summed E-state index contributed by atoms with van der Waals surface area (Å²) < 4.78 is 11.9. The summed E-state index contributed by atoms with van der Waals surface area (Å²) in [5.74, 6) is 2.21. The molecule has 1 unspecified atom stereocenters. The first-order valence-corrected chi connectivity index (χ1v) is 14.5. The highest BCUT2D eigenvalue weighted by Crippen LogP contribution is 2.60. The van der Waals surface area contributed by atoms with Gasteiger partial charge in [-0.25, -0.2) is 9.97 Å². The summed E-state index contributed by atoms with van der Waals surface area (Å²) in [7, 11) is 3.78. The predicted molar refractivity (Wildman–Crippen MR) is 151 cm³/mol. The Morgan fingerprint density at radius 2 is 2.05 bits per heavy atom. The third-order valence-corrected chi connectivity index (χ3v) is 8.80. The number of aliphatic hydroxyl groups is 1. The normalized spacial score (nSPS) is 20.3. The Hall–Kier alpha value is -2.81. The number of ketones is 1. The minimum absolute atomic E-state index is 0.223. The first-order chi connectivity index (χ1) is 18.9. The first-order valence-electron chi connectivity index (χ1n) is 14.5. The Morgan fingerprint density at radius 1 is 1.26 bits per heavy atom. The smallest absolute Gasteiger partial charge is 0.224 e. The number of aliphatic hydroxyl groups excluding tert-OH is 1. The Bertz CT molecular complexity index is 1270. The molecule has 0 bridgehead atoms. The van der Waals surface area contributed by atoms with Gasteiger partial charge in [-0.2, -0.15) is 0 Å². The van der Waals surface area contributed by atoms with Crippen LogP contribution in [0.25, 0.3) is 22.2 Å². The number of ether oxygens (including phenoxy) is 1. The third kappa shape index (κ3) is 6.34. The summed E-state index contributed by atoms with van der Waals surface area (Å²) in [5, 5.41) is 15.7. The van der Waals surface area contributed by atoms with Gasteiger partial charge in [-0.1, -0.05) is 38.0 Å². The van der Waals surface area contributed by atoms with Gasteiger partial charge in [0.1, 0.15) is 12.0 Å². The Morgan fingerprint density at radius 3 is 2.82 bits per heavy atom. The van der Waals surface area contributed by atoms with Gasteiger partial charge in [-0.05, 0) is 69.8 Å². The van der Waals surface area contributed by atoms with Crippen molar-refractivity contribution < 1.29 is 19.1 Å². The fourth-order valence-corrected chi connectivity index (χ4v) is 6.09. The van der Waals surface area contributed by atoms with E-state index in [1.165, 1.54) is 0 Å². The summed E-state index contributed by atoms with van der Waals surface area (Å²) in [4.78, 5) is 23.4. The summed E-state index contributed by atoms with van der Waals surface area (Å²) >= 11 is 0. The van der Waals surface area contributed by atoms with Crippen molar-refractivity contribution in [1.29, 1.82) is 0 Å². The van der Waals surface area contributed by atoms with E-state index in [1.54, 1.807) is 13.3 Å². The fraction of sp³-hybridized carbons (Fsp3) is 0.581. The van der Waals surface area contributed by atoms with Crippen LogP contribution < -0.4 is 10.1 Å². The number of nitrogens with zero attached hydrogens (tertiary/aromatic N) is 3. The van der Waals surface area contributed by atoms with E-state index in [2.05, 4.69) is 27.2 Å². The van der Waals surface area contributed by atoms with E-state index in [9.17, 15) is 9.90 Å². The minimum Gasteiger partial charge on any atom is -0.480 e. The zero-order valence-corrected chi connectivity index (χ0v) is 23.5. The van der Waals surface area contributed by atoms with Crippen LogP contribution in [-0.2, 0) is 4.79 Å². The predicted octanol–water partition coefficient (Wildman–Crippen LogP) is 5.51. The number of pyridine rings is 1. The molecular formula is C31H42N4O4. The van der Waals surface area contributed by atoms with Crippen molar-refractivity contribution in [2.45, 2.75) is 77.0 Å². The quantitative estimate of drug-likeness (QED) is 0.219. The second-order valence-corrected chi connectivity index (χ2v) is 11.4. The van der Waals surface area contributed by atoms with Crippen molar-refractivity contribution in [3.8, 4) is 17.2 Å². The maximum absolute atomic E-state index is 11.7. The van der Waals surface area contributed by atoms with E-state index in [0.717, 1.165) is 74.5 Å². The lowest BCUT2D eigenvalue weighted by Gasteiger charge is -2.31. The average Bonchev–Trinajstić information content (AvgIpc) is 3.44. The monoisotopic (exact) mass is 534 g/mol. The van der Waals surface area contributed by atoms with Crippen LogP contribution in [0.15, 0.2) is 40.9 Å². The molecule has 3 atom stereocenters. The van der Waals surface area contributed by atoms with Crippen LogP contribution in [-0.4, -0.2) is 59.2 Å². The summed E-state index contributed by atoms with van der Waals surface area (Å²) in [6.07, 6.45) is 9.23. The maximum atomic E-state index is 11.7. The Labute approximate surface area is 231 Å². The molecule has 2 fully saturated rings. The van der Waals surface area contributed by atoms with Crippen LogP contribution in [0, 0.1) is 11.3 Å². The van der Waals surface area contributed by atoms with Crippen molar-refractivity contribution in [3.05, 3.63) is 42.4 Å². The van der Waals surface area contributed by atoms with Crippen LogP contribution in [0.2, 0.25) is 0 Å². The molecule has 1 aliphatic carbocycles. The number of oxazole rings is 1. The third-order valence-electron chi connectivity index (χ3n) is 8.80. The van der Waals surface area contributed by atoms with E-state index in [-0.39, 0.29) is 17.4 Å². The van der Waals surface area contributed by atoms with Gasteiger partial charge in [0.25, 0.3) is 0 Å². The Kier molecular flexibility index (Phi) is 8.64. The molecule has 8 heteroatoms. The summed E-state index contributed by atoms with van der Waals surface area (Å²) in [6, 6.07) is 9.70. The van der Waals surface area contributed by atoms with Crippen molar-refractivity contribution in [3.63, 3.8) is 0 Å². The van der Waals surface area contributed by atoms with Crippen LogP contribution >= 0.6 is 0 Å². The lowest BCUT2D eigenvalue weighted by Crippen LogP contribution is -2.39. The van der Waals surface area contributed by atoms with Crippen molar-refractivity contribution in [2.24, 2.45) is 11.3 Å². The van der Waals surface area contributed by atoms with Gasteiger partial charge < -0.3 is 19.2 Å². The van der Waals surface area contributed by atoms with Crippen LogP contribution in [0.1, 0.15) is 76.6 Å². The largest absolute Gasteiger partial charge is 0.480 e. The lowest BCUT2D eigenvalue weighted by atomic mass is 9.90. The number of aromatic nitrogens is 2. The number of likely N-dealkylation sites (tertiary alicyclic amines) is 1. The van der Waals surface area contributed by atoms with E-state index >= 15 is 0 Å². The molecule has 2 aliphatic rings. The number of Topliss-reactive ketones (excluding diaryl/α,β-unsaturated/α-hetero) is 1. The minimum atomic E-state index is -0.604. The molecule has 1 saturated carbocycles. The summed E-state index contributed by atoms with van der Waals surface area (Å²) in [6.45, 7) is 4.10. The number of hydrogen-bond donors (Lipinski definition) is 2. The molecule has 1 aromatic carbocycles. The second kappa shape index (κ2) is 12.1. The fourth-order valence-electron chi connectivity index (χ4n) is 6.09. The molecule has 3 heterocycles. The lowest BCUT2D eigenvalue weighted by molar-refractivity contribution is -0.118. The van der Waals surface area contributed by atoms with Gasteiger partial charge in [-0.15, -0.1) is 0 Å². The zero-order chi connectivity index (χ0) is 27.4. The summed E-state index contributed by atoms with van der Waals surface area (Å²) in [5.41, 5.74) is 1.87. The van der Waals surface area contributed by atoms with Crippen LogP contribution in [0.5, 0.6) is 5.88 Å². The Balaban J connectivity index is 1.32. The SMILES string of the molecule is CCC(=O)CCCCC[C@H](NC(O)[C@H]1CC12CCN(C)CC2)c1ncc(-c2cc3ccccc3nc2OC)o1. The average molecular weight is 535 g/mol. The van der Waals surface area contributed by atoms with Gasteiger partial charge >= 0.3 is 0 Å². The number of carbonyl (C=O) groups excluding carboxylic acids is 1. The molecular weight excluding hydrogens is 492 g/mol. The number of nitrogens with one attached hydrogen (secondary N) is 1. The van der Waals surface area contributed by atoms with Gasteiger partial charge in [0.05, 0.1) is 30.4 Å². The molecule has 1 saturated heterocycles. The maximum Gasteiger partial charge on any atom is 0.224 e. The van der Waals surface area contributed by atoms with Gasteiger partial charge in [0.15, 0.2) is 5.76 Å². The number of benzene rings is 1. The topological polar surface area (TPSA) is 101 Å². The van der Waals surface area contributed by atoms with Crippen molar-refractivity contribution >= 4 is 16.7 Å². The highest BCUT2D eigenvalue weighted by Gasteiger charge is 2.57. The molecule has 1 aliphatic heterocycles.